The van der Waals surface area contributed by atoms with Gasteiger partial charge in [0, 0.05) is 26.1 Å². The van der Waals surface area contributed by atoms with Crippen LogP contribution in [0.3, 0.4) is 0 Å². The van der Waals surface area contributed by atoms with Crippen LogP contribution in [-0.2, 0) is 9.59 Å². The average molecular weight is 645 g/mol. The SMILES string of the molecule is CC1(C)CCC(=O)C=C1CCCCCCCCCCCCCO.CC1(C)CCC(=O)C=C1CCCCCCCCCCCCCO. The minimum Gasteiger partial charge on any atom is -0.396 e. The molecule has 0 aromatic rings. The second-order valence-electron chi connectivity index (χ2n) is 15.8. The van der Waals surface area contributed by atoms with Gasteiger partial charge in [-0.05, 0) is 74.3 Å². The highest BCUT2D eigenvalue weighted by Crippen LogP contribution is 2.39. The topological polar surface area (TPSA) is 74.6 Å². The standard InChI is InChI=1S/2C21H38O2/c2*1-21(2)16-15-20(23)18-19(21)14-12-10-8-6-4-3-5-7-9-11-13-17-22/h2*18,22H,3-17H2,1-2H3. The largest absolute Gasteiger partial charge is 0.396 e. The Morgan fingerprint density at radius 2 is 0.674 bits per heavy atom. The number of ketones is 2. The number of aliphatic hydroxyl groups excluding tert-OH is 2. The first-order chi connectivity index (χ1) is 22.1. The van der Waals surface area contributed by atoms with Crippen molar-refractivity contribution in [1.82, 2.24) is 0 Å². The Morgan fingerprint density at radius 1 is 0.435 bits per heavy atom. The molecule has 268 valence electrons. The highest BCUT2D eigenvalue weighted by atomic mass is 16.3. The smallest absolute Gasteiger partial charge is 0.155 e. The van der Waals surface area contributed by atoms with E-state index in [2.05, 4.69) is 27.7 Å². The van der Waals surface area contributed by atoms with Gasteiger partial charge in [-0.15, -0.1) is 0 Å². The van der Waals surface area contributed by atoms with Crippen LogP contribution in [0.2, 0.25) is 0 Å². The molecule has 0 fully saturated rings. The fourth-order valence-electron chi connectivity index (χ4n) is 6.97. The van der Waals surface area contributed by atoms with E-state index in [0.717, 1.165) is 51.4 Å². The molecule has 0 saturated heterocycles. The van der Waals surface area contributed by atoms with Gasteiger partial charge in [0.2, 0.25) is 0 Å². The van der Waals surface area contributed by atoms with Crippen molar-refractivity contribution in [3.8, 4) is 0 Å². The molecule has 0 aliphatic heterocycles. The first-order valence-corrected chi connectivity index (χ1v) is 19.8. The van der Waals surface area contributed by atoms with Crippen molar-refractivity contribution < 1.29 is 19.8 Å². The summed E-state index contributed by atoms with van der Waals surface area (Å²) in [4.78, 5) is 23.2. The molecule has 2 aliphatic carbocycles. The van der Waals surface area contributed by atoms with Crippen LogP contribution in [0.4, 0.5) is 0 Å². The number of carbonyl (C=O) groups is 2. The highest BCUT2D eigenvalue weighted by Gasteiger charge is 2.28. The van der Waals surface area contributed by atoms with Crippen molar-refractivity contribution in [3.63, 3.8) is 0 Å². The van der Waals surface area contributed by atoms with Crippen LogP contribution in [0.15, 0.2) is 23.3 Å². The molecule has 0 bridgehead atoms. The van der Waals surface area contributed by atoms with Crippen molar-refractivity contribution in [1.29, 1.82) is 0 Å². The lowest BCUT2D eigenvalue weighted by Gasteiger charge is -2.31. The molecule has 2 rings (SSSR count). The lowest BCUT2D eigenvalue weighted by Crippen LogP contribution is -2.22. The second kappa shape index (κ2) is 26.7. The number of allylic oxidation sites excluding steroid dienone is 4. The van der Waals surface area contributed by atoms with Gasteiger partial charge in [0.1, 0.15) is 0 Å². The number of aliphatic hydroxyl groups is 2. The molecular formula is C42H76O4. The molecular weight excluding hydrogens is 568 g/mol. The average Bonchev–Trinajstić information content (AvgIpc) is 3.02. The lowest BCUT2D eigenvalue weighted by molar-refractivity contribution is -0.116. The van der Waals surface area contributed by atoms with Crippen LogP contribution in [0.1, 0.15) is 207 Å². The third-order valence-electron chi connectivity index (χ3n) is 10.6. The Kier molecular flexibility index (Phi) is 24.8. The van der Waals surface area contributed by atoms with Crippen LogP contribution in [-0.4, -0.2) is 35.0 Å². The van der Waals surface area contributed by atoms with Gasteiger partial charge >= 0.3 is 0 Å². The van der Waals surface area contributed by atoms with Crippen molar-refractivity contribution in [2.24, 2.45) is 10.8 Å². The van der Waals surface area contributed by atoms with E-state index in [1.165, 1.54) is 140 Å². The summed E-state index contributed by atoms with van der Waals surface area (Å²) in [5, 5.41) is 17.4. The van der Waals surface area contributed by atoms with E-state index >= 15 is 0 Å². The molecule has 0 aromatic carbocycles. The summed E-state index contributed by atoms with van der Waals surface area (Å²) in [5.41, 5.74) is 3.25. The maximum Gasteiger partial charge on any atom is 0.155 e. The summed E-state index contributed by atoms with van der Waals surface area (Å²) in [7, 11) is 0. The molecule has 0 aromatic heterocycles. The van der Waals surface area contributed by atoms with Gasteiger partial charge in [0.05, 0.1) is 0 Å². The lowest BCUT2D eigenvalue weighted by atomic mass is 9.73. The van der Waals surface area contributed by atoms with Crippen LogP contribution in [0.5, 0.6) is 0 Å². The van der Waals surface area contributed by atoms with E-state index in [4.69, 9.17) is 10.2 Å². The molecule has 0 atom stereocenters. The number of hydrogen-bond acceptors (Lipinski definition) is 4. The van der Waals surface area contributed by atoms with Gasteiger partial charge in [-0.1, -0.05) is 154 Å². The molecule has 4 heteroatoms. The summed E-state index contributed by atoms with van der Waals surface area (Å²) >= 11 is 0. The Hall–Kier alpha value is -1.26. The molecule has 0 heterocycles. The first kappa shape index (κ1) is 42.8. The first-order valence-electron chi connectivity index (χ1n) is 19.8. The third kappa shape index (κ3) is 21.6. The number of carbonyl (C=O) groups excluding carboxylic acids is 2. The maximum absolute atomic E-state index is 11.6. The van der Waals surface area contributed by atoms with E-state index in [0.29, 0.717) is 24.8 Å². The van der Waals surface area contributed by atoms with E-state index in [9.17, 15) is 9.59 Å². The molecule has 0 spiro atoms. The Balaban J connectivity index is 0.000000460. The van der Waals surface area contributed by atoms with Crippen molar-refractivity contribution >= 4 is 11.6 Å². The fraction of sp³-hybridized carbons (Fsp3) is 0.857. The van der Waals surface area contributed by atoms with Crippen molar-refractivity contribution in [2.75, 3.05) is 13.2 Å². The van der Waals surface area contributed by atoms with Crippen LogP contribution in [0.25, 0.3) is 0 Å². The minimum absolute atomic E-state index is 0.240. The normalized spacial score (nSPS) is 17.3. The number of unbranched alkanes of at least 4 members (excludes halogenated alkanes) is 20. The molecule has 4 nitrogen and oxygen atoms in total. The number of hydrogen-bond donors (Lipinski definition) is 2. The van der Waals surface area contributed by atoms with Crippen molar-refractivity contribution in [2.45, 2.75) is 207 Å². The Labute approximate surface area is 285 Å². The highest BCUT2D eigenvalue weighted by molar-refractivity contribution is 5.92. The summed E-state index contributed by atoms with van der Waals surface area (Å²) in [6.45, 7) is 9.83. The molecule has 0 radical (unpaired) electrons. The Bertz CT molecular complexity index is 780. The molecule has 2 N–H and O–H groups in total. The maximum atomic E-state index is 11.6. The van der Waals surface area contributed by atoms with E-state index < -0.39 is 0 Å². The quantitative estimate of drug-likeness (QED) is 0.0919. The van der Waals surface area contributed by atoms with Gasteiger partial charge < -0.3 is 10.2 Å². The van der Waals surface area contributed by atoms with Gasteiger partial charge in [-0.25, -0.2) is 0 Å². The van der Waals surface area contributed by atoms with Gasteiger partial charge in [-0.2, -0.15) is 0 Å². The van der Waals surface area contributed by atoms with E-state index in [1.807, 2.05) is 12.2 Å². The monoisotopic (exact) mass is 645 g/mol. The fourth-order valence-corrected chi connectivity index (χ4v) is 6.97. The van der Waals surface area contributed by atoms with Crippen LogP contribution in [0, 0.1) is 10.8 Å². The summed E-state index contributed by atoms with van der Waals surface area (Å²) in [6.07, 6.45) is 37.8. The summed E-state index contributed by atoms with van der Waals surface area (Å²) in [6, 6.07) is 0. The molecule has 0 amide bonds. The molecule has 46 heavy (non-hydrogen) atoms. The minimum atomic E-state index is 0.240. The van der Waals surface area contributed by atoms with Crippen LogP contribution >= 0.6 is 0 Å². The zero-order valence-electron chi connectivity index (χ0n) is 31.1. The van der Waals surface area contributed by atoms with Gasteiger partial charge in [-0.3, -0.25) is 9.59 Å². The predicted octanol–water partition coefficient (Wildman–Crippen LogP) is 12.0. The second-order valence-corrected chi connectivity index (χ2v) is 15.8. The zero-order chi connectivity index (χ0) is 33.9. The Morgan fingerprint density at radius 3 is 0.935 bits per heavy atom. The van der Waals surface area contributed by atoms with Crippen molar-refractivity contribution in [3.05, 3.63) is 23.3 Å². The summed E-state index contributed by atoms with van der Waals surface area (Å²) < 4.78 is 0. The third-order valence-corrected chi connectivity index (χ3v) is 10.6. The molecule has 0 saturated carbocycles. The summed E-state index contributed by atoms with van der Waals surface area (Å²) in [5.74, 6) is 0.664. The van der Waals surface area contributed by atoms with Gasteiger partial charge in [0.15, 0.2) is 11.6 Å². The molecule has 2 aliphatic rings. The van der Waals surface area contributed by atoms with Gasteiger partial charge in [0.25, 0.3) is 0 Å². The van der Waals surface area contributed by atoms with E-state index in [1.54, 1.807) is 0 Å². The number of rotatable bonds is 26. The predicted molar refractivity (Wildman–Crippen MR) is 197 cm³/mol. The molecule has 0 unspecified atom stereocenters. The van der Waals surface area contributed by atoms with E-state index in [-0.39, 0.29) is 10.8 Å². The van der Waals surface area contributed by atoms with Crippen LogP contribution < -0.4 is 0 Å². The zero-order valence-corrected chi connectivity index (χ0v) is 31.1.